The second-order valence-electron chi connectivity index (χ2n) is 11.2. The summed E-state index contributed by atoms with van der Waals surface area (Å²) >= 11 is 12.4. The smallest absolute Gasteiger partial charge is 0.222 e. The highest BCUT2D eigenvalue weighted by atomic mass is 35.5. The number of hydrogen-bond donors (Lipinski definition) is 1. The maximum Gasteiger partial charge on any atom is 0.222 e. The molecule has 3 aliphatic rings. The Hall–Kier alpha value is -3.00. The molecule has 1 amide bonds. The number of halogens is 3. The first-order valence-corrected chi connectivity index (χ1v) is 15.5. The minimum Gasteiger partial charge on any atom is -0.489 e. The van der Waals surface area contributed by atoms with Crippen molar-refractivity contribution in [2.75, 3.05) is 37.6 Å². The van der Waals surface area contributed by atoms with Gasteiger partial charge in [0, 0.05) is 24.8 Å². The molecule has 9 heteroatoms. The molecule has 1 aliphatic carbocycles. The molecule has 2 N–H and O–H groups in total. The standard InChI is InChI=1S/C17H16ClFN2O2.C16H22ClNO/c18-15-6-3-13(21-8-7-11(10-21)17(20)22)9-16(15)23-14-4-1-12(19)2-5-14;17-15-12-13(4-3-11-18-9-1-2-10-18)5-8-16(15)19-14-6-7-14/h1-6,9,11H,7-8,10H2,(H2,20,22);5,8,12,14H,1-4,6-7,9-11H2. The summed E-state index contributed by atoms with van der Waals surface area (Å²) in [6, 6.07) is 17.4. The zero-order valence-electron chi connectivity index (χ0n) is 23.7. The molecule has 224 valence electrons. The predicted octanol–water partition coefficient (Wildman–Crippen LogP) is 7.49. The molecule has 3 fully saturated rings. The van der Waals surface area contributed by atoms with Crippen molar-refractivity contribution in [1.29, 1.82) is 0 Å². The summed E-state index contributed by atoms with van der Waals surface area (Å²) in [5.74, 6) is 1.11. The highest BCUT2D eigenvalue weighted by Crippen LogP contribution is 2.35. The minimum atomic E-state index is -0.327. The molecule has 0 bridgehead atoms. The van der Waals surface area contributed by atoms with Crippen LogP contribution in [0.5, 0.6) is 17.2 Å². The van der Waals surface area contributed by atoms with Crippen LogP contribution in [0.2, 0.25) is 10.0 Å². The Morgan fingerprint density at radius 1 is 0.905 bits per heavy atom. The highest BCUT2D eigenvalue weighted by Gasteiger charge is 2.27. The highest BCUT2D eigenvalue weighted by molar-refractivity contribution is 6.32. The van der Waals surface area contributed by atoms with E-state index in [-0.39, 0.29) is 17.6 Å². The van der Waals surface area contributed by atoms with E-state index in [9.17, 15) is 9.18 Å². The van der Waals surface area contributed by atoms with Crippen molar-refractivity contribution in [3.63, 3.8) is 0 Å². The van der Waals surface area contributed by atoms with E-state index in [2.05, 4.69) is 21.9 Å². The monoisotopic (exact) mass is 613 g/mol. The second kappa shape index (κ2) is 14.5. The van der Waals surface area contributed by atoms with E-state index in [1.165, 1.54) is 81.6 Å². The van der Waals surface area contributed by atoms with Crippen molar-refractivity contribution < 1.29 is 18.7 Å². The van der Waals surface area contributed by atoms with Crippen molar-refractivity contribution in [1.82, 2.24) is 4.90 Å². The quantitative estimate of drug-likeness (QED) is 0.256. The first kappa shape index (κ1) is 30.5. The molecule has 3 aromatic carbocycles. The number of anilines is 1. The average molecular weight is 615 g/mol. The number of nitrogens with two attached hydrogens (primary N) is 1. The fraction of sp³-hybridized carbons (Fsp3) is 0.424. The number of ether oxygens (including phenoxy) is 2. The van der Waals surface area contributed by atoms with Gasteiger partial charge in [-0.2, -0.15) is 0 Å². The number of amides is 1. The van der Waals surface area contributed by atoms with E-state index < -0.39 is 0 Å². The molecule has 3 aromatic rings. The third kappa shape index (κ3) is 8.76. The third-order valence-electron chi connectivity index (χ3n) is 7.86. The number of likely N-dealkylation sites (tertiary alicyclic amines) is 1. The lowest BCUT2D eigenvalue weighted by molar-refractivity contribution is -0.121. The summed E-state index contributed by atoms with van der Waals surface area (Å²) in [6.07, 6.45) is 8.59. The molecule has 6 rings (SSSR count). The van der Waals surface area contributed by atoms with Crippen LogP contribution in [0.1, 0.15) is 44.1 Å². The summed E-state index contributed by atoms with van der Waals surface area (Å²) in [5.41, 5.74) is 7.60. The molecule has 0 aromatic heterocycles. The Labute approximate surface area is 257 Å². The van der Waals surface area contributed by atoms with Gasteiger partial charge in [-0.3, -0.25) is 4.79 Å². The number of hydrogen-bond acceptors (Lipinski definition) is 5. The number of carbonyl (C=O) groups excluding carboxylic acids is 1. The number of aryl methyl sites for hydroxylation is 1. The maximum atomic E-state index is 12.9. The van der Waals surface area contributed by atoms with Crippen LogP contribution in [0, 0.1) is 11.7 Å². The van der Waals surface area contributed by atoms with E-state index in [1.54, 1.807) is 6.07 Å². The van der Waals surface area contributed by atoms with Gasteiger partial charge in [-0.25, -0.2) is 4.39 Å². The van der Waals surface area contributed by atoms with E-state index in [4.69, 9.17) is 38.4 Å². The summed E-state index contributed by atoms with van der Waals surface area (Å²) in [7, 11) is 0. The molecule has 0 spiro atoms. The molecule has 0 radical (unpaired) electrons. The summed E-state index contributed by atoms with van der Waals surface area (Å²) in [6.45, 7) is 5.14. The van der Waals surface area contributed by atoms with Crippen LogP contribution in [-0.2, 0) is 11.2 Å². The molecular formula is C33H38Cl2FN3O3. The molecule has 6 nitrogen and oxygen atoms in total. The van der Waals surface area contributed by atoms with Gasteiger partial charge in [0.1, 0.15) is 23.1 Å². The van der Waals surface area contributed by atoms with Crippen LogP contribution < -0.4 is 20.1 Å². The topological polar surface area (TPSA) is 68.0 Å². The van der Waals surface area contributed by atoms with E-state index in [0.717, 1.165) is 35.8 Å². The Balaban J connectivity index is 0.000000171. The van der Waals surface area contributed by atoms with Gasteiger partial charge >= 0.3 is 0 Å². The van der Waals surface area contributed by atoms with Crippen molar-refractivity contribution in [3.8, 4) is 17.2 Å². The van der Waals surface area contributed by atoms with E-state index in [1.807, 2.05) is 18.2 Å². The SMILES string of the molecule is Clc1cc(CCCN2CCCC2)ccc1OC1CC1.NC(=O)C1CCN(c2ccc(Cl)c(Oc3ccc(F)cc3)c2)C1. The fourth-order valence-corrected chi connectivity index (χ4v) is 5.70. The summed E-state index contributed by atoms with van der Waals surface area (Å²) < 4.78 is 24.4. The molecule has 1 unspecified atom stereocenters. The first-order valence-electron chi connectivity index (χ1n) is 14.8. The lowest BCUT2D eigenvalue weighted by Gasteiger charge is -2.19. The molecule has 2 saturated heterocycles. The van der Waals surface area contributed by atoms with E-state index >= 15 is 0 Å². The van der Waals surface area contributed by atoms with Gasteiger partial charge < -0.3 is 25.0 Å². The number of benzene rings is 3. The molecule has 42 heavy (non-hydrogen) atoms. The molecular weight excluding hydrogens is 576 g/mol. The lowest BCUT2D eigenvalue weighted by Crippen LogP contribution is -2.27. The van der Waals surface area contributed by atoms with Gasteiger partial charge in [0.2, 0.25) is 5.91 Å². The van der Waals surface area contributed by atoms with Gasteiger partial charge in [-0.15, -0.1) is 0 Å². The fourth-order valence-electron chi connectivity index (χ4n) is 5.30. The van der Waals surface area contributed by atoms with Crippen LogP contribution in [0.25, 0.3) is 0 Å². The number of carbonyl (C=O) groups is 1. The zero-order chi connectivity index (χ0) is 29.5. The van der Waals surface area contributed by atoms with Crippen LogP contribution in [-0.4, -0.2) is 49.6 Å². The predicted molar refractivity (Wildman–Crippen MR) is 167 cm³/mol. The lowest BCUT2D eigenvalue weighted by atomic mass is 10.1. The number of primary amides is 1. The van der Waals surface area contributed by atoms with Crippen LogP contribution in [0.3, 0.4) is 0 Å². The molecule has 1 saturated carbocycles. The van der Waals surface area contributed by atoms with Crippen LogP contribution in [0.4, 0.5) is 10.1 Å². The average Bonchev–Trinajstić information content (AvgIpc) is 3.41. The minimum absolute atomic E-state index is 0.132. The largest absolute Gasteiger partial charge is 0.489 e. The second-order valence-corrected chi connectivity index (χ2v) is 12.1. The third-order valence-corrected chi connectivity index (χ3v) is 8.47. The van der Waals surface area contributed by atoms with E-state index in [0.29, 0.717) is 29.2 Å². The van der Waals surface area contributed by atoms with Gasteiger partial charge in [0.25, 0.3) is 0 Å². The van der Waals surface area contributed by atoms with Crippen molar-refractivity contribution in [2.24, 2.45) is 11.7 Å². The van der Waals surface area contributed by atoms with Crippen LogP contribution in [0.15, 0.2) is 60.7 Å². The van der Waals surface area contributed by atoms with Crippen molar-refractivity contribution in [2.45, 2.75) is 51.0 Å². The number of nitrogens with zero attached hydrogens (tertiary/aromatic N) is 2. The normalized spacial score (nSPS) is 18.5. The van der Waals surface area contributed by atoms with Gasteiger partial charge in [0.05, 0.1) is 22.1 Å². The Morgan fingerprint density at radius 2 is 1.67 bits per heavy atom. The Kier molecular flexibility index (Phi) is 10.5. The molecule has 2 heterocycles. The Morgan fingerprint density at radius 3 is 2.33 bits per heavy atom. The van der Waals surface area contributed by atoms with Gasteiger partial charge in [0.15, 0.2) is 0 Å². The first-order chi connectivity index (χ1) is 20.3. The summed E-state index contributed by atoms with van der Waals surface area (Å²) in [5, 5.41) is 1.23. The Bertz CT molecular complexity index is 1350. The van der Waals surface area contributed by atoms with Crippen molar-refractivity contribution >= 4 is 34.8 Å². The number of rotatable bonds is 10. The maximum absolute atomic E-state index is 12.9. The van der Waals surface area contributed by atoms with Crippen molar-refractivity contribution in [3.05, 3.63) is 82.1 Å². The summed E-state index contributed by atoms with van der Waals surface area (Å²) in [4.78, 5) is 15.9. The molecule has 1 atom stereocenters. The van der Waals surface area contributed by atoms with Crippen LogP contribution >= 0.6 is 23.2 Å². The van der Waals surface area contributed by atoms with Gasteiger partial charge in [-0.05, 0) is 119 Å². The zero-order valence-corrected chi connectivity index (χ0v) is 25.3. The molecule has 2 aliphatic heterocycles. The van der Waals surface area contributed by atoms with Gasteiger partial charge in [-0.1, -0.05) is 29.3 Å².